The molecule has 3 aromatic carbocycles. The third kappa shape index (κ3) is 6.16. The van der Waals surface area contributed by atoms with Crippen molar-refractivity contribution in [3.8, 4) is 22.8 Å². The monoisotopic (exact) mass is 501 g/mol. The number of ether oxygens (including phenoxy) is 1. The fourth-order valence-electron chi connectivity index (χ4n) is 3.28. The molecule has 0 saturated heterocycles. The third-order valence-electron chi connectivity index (χ3n) is 4.96. The molecule has 1 heterocycles. The first kappa shape index (κ1) is 24.7. The highest BCUT2D eigenvalue weighted by Gasteiger charge is 2.17. The molecular weight excluding hydrogens is 478 g/mol. The van der Waals surface area contributed by atoms with E-state index in [0.29, 0.717) is 23.2 Å². The third-order valence-corrected chi connectivity index (χ3v) is 5.89. The van der Waals surface area contributed by atoms with Crippen molar-refractivity contribution in [3.05, 3.63) is 90.0 Å². The van der Waals surface area contributed by atoms with Crippen LogP contribution in [0.4, 0.5) is 0 Å². The van der Waals surface area contributed by atoms with Crippen LogP contribution in [0.25, 0.3) is 17.1 Å². The summed E-state index contributed by atoms with van der Waals surface area (Å²) >= 11 is 1.24. The van der Waals surface area contributed by atoms with Gasteiger partial charge in [-0.2, -0.15) is 5.10 Å². The molecule has 1 aromatic heterocycles. The molecule has 0 atom stereocenters. The van der Waals surface area contributed by atoms with E-state index in [9.17, 15) is 9.59 Å². The second-order valence-electron chi connectivity index (χ2n) is 7.44. The molecule has 1 amide bonds. The van der Waals surface area contributed by atoms with Crippen molar-refractivity contribution in [2.24, 2.45) is 5.10 Å². The Hall–Kier alpha value is -4.44. The van der Waals surface area contributed by atoms with Crippen LogP contribution in [0.2, 0.25) is 0 Å². The summed E-state index contributed by atoms with van der Waals surface area (Å²) in [4.78, 5) is 23.3. The van der Waals surface area contributed by atoms with Gasteiger partial charge in [0.1, 0.15) is 5.75 Å². The van der Waals surface area contributed by atoms with Gasteiger partial charge < -0.3 is 9.84 Å². The van der Waals surface area contributed by atoms with Gasteiger partial charge >= 0.3 is 5.97 Å². The second kappa shape index (κ2) is 11.8. The number of carbonyl (C=O) groups is 2. The summed E-state index contributed by atoms with van der Waals surface area (Å²) in [5.74, 6) is 0.169. The van der Waals surface area contributed by atoms with E-state index in [1.807, 2.05) is 66.1 Å². The topological polar surface area (TPSA) is 119 Å². The molecule has 0 unspecified atom stereocenters. The van der Waals surface area contributed by atoms with Crippen molar-refractivity contribution in [1.29, 1.82) is 0 Å². The predicted octanol–water partition coefficient (Wildman–Crippen LogP) is 4.27. The second-order valence-corrected chi connectivity index (χ2v) is 8.39. The largest absolute Gasteiger partial charge is 0.494 e. The highest BCUT2D eigenvalue weighted by Crippen LogP contribution is 2.28. The van der Waals surface area contributed by atoms with E-state index in [0.717, 1.165) is 17.0 Å². The zero-order valence-electron chi connectivity index (χ0n) is 19.4. The van der Waals surface area contributed by atoms with Crippen LogP contribution >= 0.6 is 11.8 Å². The molecule has 4 rings (SSSR count). The molecule has 36 heavy (non-hydrogen) atoms. The summed E-state index contributed by atoms with van der Waals surface area (Å²) < 4.78 is 7.45. The number of nitrogens with one attached hydrogen (secondary N) is 1. The Bertz CT molecular complexity index is 1350. The van der Waals surface area contributed by atoms with Crippen molar-refractivity contribution in [3.63, 3.8) is 0 Å². The van der Waals surface area contributed by atoms with E-state index in [-0.39, 0.29) is 17.2 Å². The minimum absolute atomic E-state index is 0.0687. The number of carboxylic acids is 1. The number of aromatic carboxylic acids is 1. The zero-order chi connectivity index (χ0) is 25.3. The fraction of sp³-hybridized carbons (Fsp3) is 0.115. The molecule has 0 bridgehead atoms. The Kier molecular flexibility index (Phi) is 8.09. The smallest absolute Gasteiger partial charge is 0.335 e. The molecule has 0 saturated carbocycles. The van der Waals surface area contributed by atoms with Crippen molar-refractivity contribution < 1.29 is 19.4 Å². The number of aromatic nitrogens is 3. The molecule has 0 radical (unpaired) electrons. The van der Waals surface area contributed by atoms with Gasteiger partial charge in [0, 0.05) is 11.3 Å². The quantitative estimate of drug-likeness (QED) is 0.189. The van der Waals surface area contributed by atoms with E-state index in [1.165, 1.54) is 30.1 Å². The Morgan fingerprint density at radius 1 is 1.03 bits per heavy atom. The van der Waals surface area contributed by atoms with Crippen LogP contribution < -0.4 is 10.2 Å². The Balaban J connectivity index is 1.47. The van der Waals surface area contributed by atoms with Crippen molar-refractivity contribution in [1.82, 2.24) is 20.2 Å². The van der Waals surface area contributed by atoms with Gasteiger partial charge in [-0.3, -0.25) is 9.36 Å². The predicted molar refractivity (Wildman–Crippen MR) is 138 cm³/mol. The summed E-state index contributed by atoms with van der Waals surface area (Å²) in [6.45, 7) is 2.51. The van der Waals surface area contributed by atoms with Crippen LogP contribution in [0.1, 0.15) is 22.8 Å². The van der Waals surface area contributed by atoms with Crippen molar-refractivity contribution >= 4 is 29.9 Å². The SMILES string of the molecule is CCOc1ccc(-n2c(SCC(=O)NN=Cc3ccc(C(=O)O)cc3)nnc2-c2ccccc2)cc1. The van der Waals surface area contributed by atoms with Gasteiger partial charge in [0.25, 0.3) is 5.91 Å². The van der Waals surface area contributed by atoms with Crippen LogP contribution in [-0.4, -0.2) is 50.3 Å². The zero-order valence-corrected chi connectivity index (χ0v) is 20.2. The standard InChI is InChI=1S/C26H23N5O4S/c1-2-35-22-14-12-21(13-15-22)31-24(19-6-4-3-5-7-19)29-30-26(31)36-17-23(32)28-27-16-18-8-10-20(11-9-18)25(33)34/h3-16H,2,17H2,1H3,(H,28,32)(H,33,34). The molecule has 0 aliphatic heterocycles. The lowest BCUT2D eigenvalue weighted by molar-refractivity contribution is -0.118. The fourth-order valence-corrected chi connectivity index (χ4v) is 4.03. The van der Waals surface area contributed by atoms with E-state index in [1.54, 1.807) is 12.1 Å². The van der Waals surface area contributed by atoms with Gasteiger partial charge in [0.2, 0.25) is 0 Å². The maximum atomic E-state index is 12.4. The summed E-state index contributed by atoms with van der Waals surface area (Å²) in [7, 11) is 0. The molecule has 0 aliphatic rings. The molecule has 9 nitrogen and oxygen atoms in total. The maximum absolute atomic E-state index is 12.4. The number of hydrogen-bond donors (Lipinski definition) is 2. The minimum atomic E-state index is -1.00. The molecule has 0 aliphatic carbocycles. The van der Waals surface area contributed by atoms with E-state index in [4.69, 9.17) is 9.84 Å². The lowest BCUT2D eigenvalue weighted by Gasteiger charge is -2.11. The van der Waals surface area contributed by atoms with Crippen LogP contribution in [0.5, 0.6) is 5.75 Å². The van der Waals surface area contributed by atoms with E-state index < -0.39 is 5.97 Å². The Morgan fingerprint density at radius 2 is 1.75 bits per heavy atom. The van der Waals surface area contributed by atoms with Crippen LogP contribution in [-0.2, 0) is 4.79 Å². The normalized spacial score (nSPS) is 10.9. The molecule has 2 N–H and O–H groups in total. The lowest BCUT2D eigenvalue weighted by Crippen LogP contribution is -2.20. The van der Waals surface area contributed by atoms with Gasteiger partial charge in [-0.15, -0.1) is 10.2 Å². The van der Waals surface area contributed by atoms with E-state index in [2.05, 4.69) is 20.7 Å². The van der Waals surface area contributed by atoms with Gasteiger partial charge in [-0.25, -0.2) is 10.2 Å². The Morgan fingerprint density at radius 3 is 2.42 bits per heavy atom. The summed E-state index contributed by atoms with van der Waals surface area (Å²) in [6.07, 6.45) is 1.45. The summed E-state index contributed by atoms with van der Waals surface area (Å²) in [5, 5.41) is 22.2. The molecule has 0 fully saturated rings. The number of thioether (sulfide) groups is 1. The highest BCUT2D eigenvalue weighted by molar-refractivity contribution is 7.99. The first-order valence-corrected chi connectivity index (χ1v) is 12.1. The van der Waals surface area contributed by atoms with Crippen LogP contribution in [0.3, 0.4) is 0 Å². The first-order valence-electron chi connectivity index (χ1n) is 11.1. The van der Waals surface area contributed by atoms with Gasteiger partial charge in [0.15, 0.2) is 11.0 Å². The average Bonchev–Trinajstić information content (AvgIpc) is 3.33. The number of carbonyl (C=O) groups excluding carboxylic acids is 1. The molecule has 4 aromatic rings. The molecule has 10 heteroatoms. The number of carboxylic acid groups (broad SMARTS) is 1. The highest BCUT2D eigenvalue weighted by atomic mass is 32.2. The number of nitrogens with zero attached hydrogens (tertiary/aromatic N) is 4. The van der Waals surface area contributed by atoms with Crippen molar-refractivity contribution in [2.45, 2.75) is 12.1 Å². The number of benzene rings is 3. The molecular formula is C26H23N5O4S. The minimum Gasteiger partial charge on any atom is -0.494 e. The summed E-state index contributed by atoms with van der Waals surface area (Å²) in [5.41, 5.74) is 5.06. The first-order chi connectivity index (χ1) is 17.5. The Labute approximate surface area is 211 Å². The molecule has 0 spiro atoms. The number of hydrazone groups is 1. The van der Waals surface area contributed by atoms with Crippen LogP contribution in [0.15, 0.2) is 89.1 Å². The van der Waals surface area contributed by atoms with Crippen LogP contribution in [0, 0.1) is 0 Å². The van der Waals surface area contributed by atoms with Gasteiger partial charge in [-0.1, -0.05) is 54.2 Å². The molecule has 182 valence electrons. The van der Waals surface area contributed by atoms with E-state index >= 15 is 0 Å². The lowest BCUT2D eigenvalue weighted by atomic mass is 10.1. The van der Waals surface area contributed by atoms with Gasteiger partial charge in [0.05, 0.1) is 24.1 Å². The summed E-state index contributed by atoms with van der Waals surface area (Å²) in [6, 6.07) is 23.5. The number of rotatable bonds is 10. The van der Waals surface area contributed by atoms with Gasteiger partial charge in [-0.05, 0) is 48.9 Å². The maximum Gasteiger partial charge on any atom is 0.335 e. The van der Waals surface area contributed by atoms with Crippen molar-refractivity contribution in [2.75, 3.05) is 12.4 Å². The number of hydrogen-bond acceptors (Lipinski definition) is 7. The number of amides is 1. The average molecular weight is 502 g/mol.